The fourth-order valence-corrected chi connectivity index (χ4v) is 5.72. The first-order chi connectivity index (χ1) is 13.7. The lowest BCUT2D eigenvalue weighted by Crippen LogP contribution is -2.43. The van der Waals surface area contributed by atoms with Gasteiger partial charge in [-0.05, 0) is 49.1 Å². The molecule has 0 aromatic heterocycles. The number of rotatable bonds is 6. The van der Waals surface area contributed by atoms with Gasteiger partial charge in [-0.25, -0.2) is 8.42 Å². The first-order valence-corrected chi connectivity index (χ1v) is 11.9. The van der Waals surface area contributed by atoms with Crippen LogP contribution in [0.15, 0.2) is 36.4 Å². The molecule has 0 bridgehead atoms. The Morgan fingerprint density at radius 3 is 2.45 bits per heavy atom. The Morgan fingerprint density at radius 1 is 1.17 bits per heavy atom. The van der Waals surface area contributed by atoms with Gasteiger partial charge in [-0.3, -0.25) is 4.79 Å². The largest absolute Gasteiger partial charge is 0.483 e. The molecule has 156 valence electrons. The van der Waals surface area contributed by atoms with Gasteiger partial charge in [0.2, 0.25) is 0 Å². The Hall–Kier alpha value is -1.76. The highest BCUT2D eigenvalue weighted by atomic mass is 35.5. The monoisotopic (exact) mass is 455 g/mol. The lowest BCUT2D eigenvalue weighted by molar-refractivity contribution is -0.136. The van der Waals surface area contributed by atoms with Crippen molar-refractivity contribution in [3.05, 3.63) is 63.1 Å². The predicted molar refractivity (Wildman–Crippen MR) is 115 cm³/mol. The van der Waals surface area contributed by atoms with E-state index in [1.54, 1.807) is 23.1 Å². The van der Waals surface area contributed by atoms with Crippen LogP contribution in [0.5, 0.6) is 5.75 Å². The molecular weight excluding hydrogens is 433 g/mol. The summed E-state index contributed by atoms with van der Waals surface area (Å²) in [5, 5.41) is 0.935. The lowest BCUT2D eigenvalue weighted by Gasteiger charge is -2.29. The van der Waals surface area contributed by atoms with E-state index in [0.29, 0.717) is 27.8 Å². The minimum Gasteiger partial charge on any atom is -0.483 e. The first kappa shape index (κ1) is 21.9. The summed E-state index contributed by atoms with van der Waals surface area (Å²) in [5.41, 5.74) is 2.59. The number of ether oxygens (including phenoxy) is 1. The molecule has 0 radical (unpaired) electrons. The summed E-state index contributed by atoms with van der Waals surface area (Å²) < 4.78 is 29.8. The van der Waals surface area contributed by atoms with E-state index < -0.39 is 15.9 Å². The molecule has 29 heavy (non-hydrogen) atoms. The minimum atomic E-state index is -3.15. The standard InChI is InChI=1S/C21H23Cl2NO4S/c1-14-4-3-5-15(2)21(14)28-12-20(25)24(18-8-9-29(26,27)13-18)11-16-6-7-17(22)10-19(16)23/h3-7,10,18H,8-9,11-13H2,1-2H3. The second-order valence-corrected chi connectivity index (χ2v) is 10.4. The number of benzene rings is 2. The van der Waals surface area contributed by atoms with E-state index in [4.69, 9.17) is 27.9 Å². The zero-order chi connectivity index (χ0) is 21.2. The number of nitrogens with zero attached hydrogens (tertiary/aromatic N) is 1. The van der Waals surface area contributed by atoms with Crippen molar-refractivity contribution in [2.24, 2.45) is 0 Å². The second kappa shape index (κ2) is 8.94. The summed E-state index contributed by atoms with van der Waals surface area (Å²) in [6.07, 6.45) is 0.405. The molecule has 1 aliphatic rings. The number of aryl methyl sites for hydroxylation is 2. The van der Waals surface area contributed by atoms with Crippen LogP contribution < -0.4 is 4.74 Å². The Morgan fingerprint density at radius 2 is 1.86 bits per heavy atom. The highest BCUT2D eigenvalue weighted by Gasteiger charge is 2.35. The molecule has 0 aliphatic carbocycles. The normalized spacial score (nSPS) is 17.9. The van der Waals surface area contributed by atoms with Crippen molar-refractivity contribution in [1.29, 1.82) is 0 Å². The Balaban J connectivity index is 1.81. The van der Waals surface area contributed by atoms with Gasteiger partial charge in [-0.1, -0.05) is 47.5 Å². The van der Waals surface area contributed by atoms with Crippen LogP contribution in [0, 0.1) is 13.8 Å². The molecule has 0 spiro atoms. The maximum Gasteiger partial charge on any atom is 0.261 e. The average molecular weight is 456 g/mol. The number of amides is 1. The molecule has 1 unspecified atom stereocenters. The van der Waals surface area contributed by atoms with E-state index in [1.165, 1.54) is 0 Å². The molecule has 2 aromatic rings. The quantitative estimate of drug-likeness (QED) is 0.654. The molecule has 1 amide bonds. The van der Waals surface area contributed by atoms with Crippen LogP contribution in [0.3, 0.4) is 0 Å². The van der Waals surface area contributed by atoms with E-state index in [0.717, 1.165) is 11.1 Å². The maximum absolute atomic E-state index is 13.1. The Labute approximate surface area is 181 Å². The van der Waals surface area contributed by atoms with Crippen molar-refractivity contribution >= 4 is 38.9 Å². The summed E-state index contributed by atoms with van der Waals surface area (Å²) in [6.45, 7) is 3.86. The van der Waals surface area contributed by atoms with Crippen molar-refractivity contribution in [1.82, 2.24) is 4.90 Å². The second-order valence-electron chi connectivity index (χ2n) is 7.32. The van der Waals surface area contributed by atoms with Gasteiger partial charge in [0.05, 0.1) is 11.5 Å². The van der Waals surface area contributed by atoms with Crippen LogP contribution >= 0.6 is 23.2 Å². The smallest absolute Gasteiger partial charge is 0.261 e. The molecule has 1 atom stereocenters. The zero-order valence-electron chi connectivity index (χ0n) is 16.3. The number of halogens is 2. The molecule has 3 rings (SSSR count). The minimum absolute atomic E-state index is 0.0483. The van der Waals surface area contributed by atoms with Gasteiger partial charge in [0, 0.05) is 22.6 Å². The summed E-state index contributed by atoms with van der Waals surface area (Å²) in [6, 6.07) is 10.4. The van der Waals surface area contributed by atoms with Crippen LogP contribution in [-0.4, -0.2) is 43.4 Å². The summed E-state index contributed by atoms with van der Waals surface area (Å²) >= 11 is 12.2. The van der Waals surface area contributed by atoms with Gasteiger partial charge in [0.25, 0.3) is 5.91 Å². The lowest BCUT2D eigenvalue weighted by atomic mass is 10.1. The average Bonchev–Trinajstić information content (AvgIpc) is 3.00. The molecule has 0 saturated carbocycles. The molecular formula is C21H23Cl2NO4S. The van der Waals surface area contributed by atoms with Gasteiger partial charge in [0.15, 0.2) is 16.4 Å². The van der Waals surface area contributed by atoms with E-state index in [-0.39, 0.29) is 30.6 Å². The van der Waals surface area contributed by atoms with Crippen LogP contribution in [0.4, 0.5) is 0 Å². The molecule has 5 nitrogen and oxygen atoms in total. The highest BCUT2D eigenvalue weighted by Crippen LogP contribution is 2.27. The molecule has 1 aliphatic heterocycles. The number of hydrogen-bond donors (Lipinski definition) is 0. The molecule has 1 heterocycles. The molecule has 0 N–H and O–H groups in total. The molecule has 1 saturated heterocycles. The Bertz CT molecular complexity index is 1000. The number of carbonyl (C=O) groups excluding carboxylic acids is 1. The number of hydrogen-bond acceptors (Lipinski definition) is 4. The van der Waals surface area contributed by atoms with Crippen LogP contribution in [0.25, 0.3) is 0 Å². The fraction of sp³-hybridized carbons (Fsp3) is 0.381. The van der Waals surface area contributed by atoms with Crippen molar-refractivity contribution in [2.75, 3.05) is 18.1 Å². The third-order valence-electron chi connectivity index (χ3n) is 5.07. The summed E-state index contributed by atoms with van der Waals surface area (Å²) in [4.78, 5) is 14.6. The van der Waals surface area contributed by atoms with Crippen molar-refractivity contribution in [2.45, 2.75) is 32.9 Å². The topological polar surface area (TPSA) is 63.7 Å². The third-order valence-corrected chi connectivity index (χ3v) is 7.41. The molecule has 1 fully saturated rings. The SMILES string of the molecule is Cc1cccc(C)c1OCC(=O)N(Cc1ccc(Cl)cc1Cl)C1CCS(=O)(=O)C1. The zero-order valence-corrected chi connectivity index (χ0v) is 18.6. The van der Waals surface area contributed by atoms with Crippen LogP contribution in [0.2, 0.25) is 10.0 Å². The summed E-state index contributed by atoms with van der Waals surface area (Å²) in [5.74, 6) is 0.422. The first-order valence-electron chi connectivity index (χ1n) is 9.29. The number of carbonyl (C=O) groups is 1. The summed E-state index contributed by atoms with van der Waals surface area (Å²) in [7, 11) is -3.15. The Kier molecular flexibility index (Phi) is 6.76. The van der Waals surface area contributed by atoms with E-state index in [9.17, 15) is 13.2 Å². The van der Waals surface area contributed by atoms with E-state index >= 15 is 0 Å². The fourth-order valence-electron chi connectivity index (χ4n) is 3.52. The van der Waals surface area contributed by atoms with E-state index in [2.05, 4.69) is 0 Å². The highest BCUT2D eigenvalue weighted by molar-refractivity contribution is 7.91. The molecule has 8 heteroatoms. The van der Waals surface area contributed by atoms with E-state index in [1.807, 2.05) is 32.0 Å². The maximum atomic E-state index is 13.1. The van der Waals surface area contributed by atoms with Crippen molar-refractivity contribution in [3.63, 3.8) is 0 Å². The van der Waals surface area contributed by atoms with Crippen molar-refractivity contribution in [3.8, 4) is 5.75 Å². The van der Waals surface area contributed by atoms with Crippen LogP contribution in [-0.2, 0) is 21.2 Å². The number of para-hydroxylation sites is 1. The van der Waals surface area contributed by atoms with Gasteiger partial charge in [-0.2, -0.15) is 0 Å². The van der Waals surface area contributed by atoms with Gasteiger partial charge < -0.3 is 9.64 Å². The van der Waals surface area contributed by atoms with Crippen molar-refractivity contribution < 1.29 is 17.9 Å². The van der Waals surface area contributed by atoms with Gasteiger partial charge >= 0.3 is 0 Å². The predicted octanol–water partition coefficient (Wildman–Crippen LogP) is 4.20. The number of sulfone groups is 1. The van der Waals surface area contributed by atoms with Crippen LogP contribution in [0.1, 0.15) is 23.1 Å². The third kappa shape index (κ3) is 5.44. The van der Waals surface area contributed by atoms with Gasteiger partial charge in [0.1, 0.15) is 5.75 Å². The van der Waals surface area contributed by atoms with Gasteiger partial charge in [-0.15, -0.1) is 0 Å². The molecule has 2 aromatic carbocycles.